The number of aromatic nitrogens is 3. The molecule has 3 rings (SSSR count). The lowest BCUT2D eigenvalue weighted by atomic mass is 10.0. The van der Waals surface area contributed by atoms with Crippen LogP contribution < -0.4 is 10.6 Å². The van der Waals surface area contributed by atoms with Gasteiger partial charge in [0.2, 0.25) is 0 Å². The van der Waals surface area contributed by atoms with Gasteiger partial charge in [0.05, 0.1) is 12.3 Å². The van der Waals surface area contributed by atoms with Crippen molar-refractivity contribution < 1.29 is 14.6 Å². The first-order chi connectivity index (χ1) is 12.8. The minimum absolute atomic E-state index is 0.0793. The number of hydrogen-bond acceptors (Lipinski definition) is 6. The summed E-state index contributed by atoms with van der Waals surface area (Å²) < 4.78 is 5.54. The molecule has 2 heterocycles. The number of carbonyl (C=O) groups is 1. The molecule has 1 aliphatic carbocycles. The van der Waals surface area contributed by atoms with Crippen LogP contribution in [0.1, 0.15) is 57.3 Å². The summed E-state index contributed by atoms with van der Waals surface area (Å²) in [5.41, 5.74) is 2.14. The smallest absolute Gasteiger partial charge is 0.407 e. The number of ether oxygens (including phenoxy) is 1. The summed E-state index contributed by atoms with van der Waals surface area (Å²) in [6.45, 7) is 5.68. The third-order valence-corrected chi connectivity index (χ3v) is 4.42. The zero-order valence-electron chi connectivity index (χ0n) is 16.0. The molecule has 8 heteroatoms. The number of H-pyrrole nitrogens is 1. The van der Waals surface area contributed by atoms with Crippen LogP contribution in [0, 0.1) is 0 Å². The van der Waals surface area contributed by atoms with E-state index in [1.807, 2.05) is 32.9 Å². The Balaban J connectivity index is 1.55. The molecule has 1 aliphatic rings. The van der Waals surface area contributed by atoms with Gasteiger partial charge in [0.1, 0.15) is 6.10 Å². The van der Waals surface area contributed by atoms with Gasteiger partial charge in [0.15, 0.2) is 5.82 Å². The molecule has 2 aromatic heterocycles. The normalized spacial score (nSPS) is 19.7. The monoisotopic (exact) mass is 373 g/mol. The van der Waals surface area contributed by atoms with E-state index in [9.17, 15) is 9.90 Å². The number of pyridine rings is 1. The van der Waals surface area contributed by atoms with Gasteiger partial charge in [-0.3, -0.25) is 10.1 Å². The largest absolute Gasteiger partial charge is 0.446 e. The van der Waals surface area contributed by atoms with Crippen molar-refractivity contribution in [2.24, 2.45) is 0 Å². The SMILES string of the molecule is CC(C)(C)NC(=O)O[C@@H]1CC[C@H](c2cc(Nc3ccnc(CO)c3)n[nH]2)C1. The van der Waals surface area contributed by atoms with Crippen molar-refractivity contribution >= 4 is 17.6 Å². The molecule has 1 fully saturated rings. The van der Waals surface area contributed by atoms with E-state index in [0.717, 1.165) is 30.6 Å². The summed E-state index contributed by atoms with van der Waals surface area (Å²) >= 11 is 0. The first-order valence-electron chi connectivity index (χ1n) is 9.19. The van der Waals surface area contributed by atoms with Crippen molar-refractivity contribution in [2.45, 2.75) is 64.2 Å². The van der Waals surface area contributed by atoms with E-state index in [1.54, 1.807) is 12.3 Å². The van der Waals surface area contributed by atoms with Gasteiger partial charge in [-0.2, -0.15) is 5.10 Å². The molecule has 2 aromatic rings. The van der Waals surface area contributed by atoms with E-state index in [4.69, 9.17) is 4.74 Å². The van der Waals surface area contributed by atoms with E-state index < -0.39 is 0 Å². The Bertz CT molecular complexity index is 784. The number of nitrogens with zero attached hydrogens (tertiary/aromatic N) is 2. The average molecular weight is 373 g/mol. The Morgan fingerprint density at radius 3 is 2.93 bits per heavy atom. The van der Waals surface area contributed by atoms with Crippen LogP contribution in [0.15, 0.2) is 24.4 Å². The second-order valence-electron chi connectivity index (χ2n) is 7.94. The molecular weight excluding hydrogens is 346 g/mol. The molecule has 0 radical (unpaired) electrons. The molecule has 4 N–H and O–H groups in total. The Morgan fingerprint density at radius 2 is 2.19 bits per heavy atom. The number of amides is 1. The zero-order valence-corrected chi connectivity index (χ0v) is 16.0. The number of aliphatic hydroxyl groups excluding tert-OH is 1. The Morgan fingerprint density at radius 1 is 1.37 bits per heavy atom. The quantitative estimate of drug-likeness (QED) is 0.640. The van der Waals surface area contributed by atoms with Gasteiger partial charge in [-0.15, -0.1) is 0 Å². The first-order valence-corrected chi connectivity index (χ1v) is 9.19. The predicted octanol–water partition coefficient (Wildman–Crippen LogP) is 3.20. The van der Waals surface area contributed by atoms with Gasteiger partial charge in [0, 0.05) is 35.1 Å². The van der Waals surface area contributed by atoms with Gasteiger partial charge < -0.3 is 20.5 Å². The highest BCUT2D eigenvalue weighted by molar-refractivity contribution is 5.68. The van der Waals surface area contributed by atoms with Gasteiger partial charge >= 0.3 is 6.09 Å². The number of anilines is 2. The van der Waals surface area contributed by atoms with E-state index in [1.165, 1.54) is 0 Å². The lowest BCUT2D eigenvalue weighted by Crippen LogP contribution is -2.42. The molecule has 0 unspecified atom stereocenters. The summed E-state index contributed by atoms with van der Waals surface area (Å²) in [6, 6.07) is 5.57. The maximum atomic E-state index is 11.9. The highest BCUT2D eigenvalue weighted by Gasteiger charge is 2.30. The number of rotatable bonds is 5. The predicted molar refractivity (Wildman–Crippen MR) is 102 cm³/mol. The number of carbonyl (C=O) groups excluding carboxylic acids is 1. The second kappa shape index (κ2) is 7.96. The Kier molecular flexibility index (Phi) is 5.65. The van der Waals surface area contributed by atoms with Crippen LogP contribution in [-0.4, -0.2) is 38.0 Å². The fourth-order valence-corrected chi connectivity index (χ4v) is 3.22. The minimum Gasteiger partial charge on any atom is -0.446 e. The summed E-state index contributed by atoms with van der Waals surface area (Å²) in [5, 5.41) is 22.6. The number of aromatic amines is 1. The number of hydrogen-bond donors (Lipinski definition) is 4. The summed E-state index contributed by atoms with van der Waals surface area (Å²) in [5.74, 6) is 0.987. The molecule has 0 aliphatic heterocycles. The standard InChI is InChI=1S/C19H27N5O3/c1-19(2,3)22-18(26)27-15-5-4-12(8-15)16-10-17(24-23-16)21-13-6-7-20-14(9-13)11-25/h6-7,9-10,12,15,25H,4-5,8,11H2,1-3H3,(H,22,26)(H2,20,21,23,24)/t12-,15+/m0/s1. The van der Waals surface area contributed by atoms with Gasteiger partial charge in [0.25, 0.3) is 0 Å². The van der Waals surface area contributed by atoms with E-state index >= 15 is 0 Å². The number of alkyl carbamates (subject to hydrolysis) is 1. The zero-order chi connectivity index (χ0) is 19.4. The van der Waals surface area contributed by atoms with E-state index in [0.29, 0.717) is 11.5 Å². The molecule has 146 valence electrons. The topological polar surface area (TPSA) is 112 Å². The van der Waals surface area contributed by atoms with Crippen LogP contribution in [0.2, 0.25) is 0 Å². The lowest BCUT2D eigenvalue weighted by molar-refractivity contribution is 0.0937. The van der Waals surface area contributed by atoms with Crippen LogP contribution in [-0.2, 0) is 11.3 Å². The maximum absolute atomic E-state index is 11.9. The van der Waals surface area contributed by atoms with Crippen molar-refractivity contribution in [3.8, 4) is 0 Å². The molecule has 8 nitrogen and oxygen atoms in total. The van der Waals surface area contributed by atoms with Crippen LogP contribution in [0.3, 0.4) is 0 Å². The van der Waals surface area contributed by atoms with E-state index in [-0.39, 0.29) is 30.3 Å². The third kappa shape index (κ3) is 5.43. The van der Waals surface area contributed by atoms with Crippen molar-refractivity contribution in [2.75, 3.05) is 5.32 Å². The Hall–Kier alpha value is -2.61. The maximum Gasteiger partial charge on any atom is 0.407 e. The van der Waals surface area contributed by atoms with Crippen LogP contribution >= 0.6 is 0 Å². The highest BCUT2D eigenvalue weighted by atomic mass is 16.6. The third-order valence-electron chi connectivity index (χ3n) is 4.42. The fraction of sp³-hybridized carbons (Fsp3) is 0.526. The van der Waals surface area contributed by atoms with Gasteiger partial charge in [-0.25, -0.2) is 4.79 Å². The second-order valence-corrected chi connectivity index (χ2v) is 7.94. The number of aliphatic hydroxyl groups is 1. The molecule has 0 aromatic carbocycles. The molecule has 0 bridgehead atoms. The summed E-state index contributed by atoms with van der Waals surface area (Å²) in [4.78, 5) is 16.0. The molecule has 0 spiro atoms. The average Bonchev–Trinajstić information content (AvgIpc) is 3.22. The highest BCUT2D eigenvalue weighted by Crippen LogP contribution is 2.36. The molecule has 2 atom stereocenters. The molecular formula is C19H27N5O3. The van der Waals surface area contributed by atoms with Crippen molar-refractivity contribution in [3.05, 3.63) is 35.8 Å². The van der Waals surface area contributed by atoms with E-state index in [2.05, 4.69) is 25.8 Å². The lowest BCUT2D eigenvalue weighted by Gasteiger charge is -2.22. The summed E-state index contributed by atoms with van der Waals surface area (Å²) in [6.07, 6.45) is 3.76. The van der Waals surface area contributed by atoms with Gasteiger partial charge in [-0.1, -0.05) is 0 Å². The Labute approximate surface area is 158 Å². The van der Waals surface area contributed by atoms with Gasteiger partial charge in [-0.05, 0) is 52.2 Å². The van der Waals surface area contributed by atoms with Crippen LogP contribution in [0.5, 0.6) is 0 Å². The first kappa shape index (κ1) is 19.2. The van der Waals surface area contributed by atoms with Crippen molar-refractivity contribution in [3.63, 3.8) is 0 Å². The fourth-order valence-electron chi connectivity index (χ4n) is 3.22. The molecule has 27 heavy (non-hydrogen) atoms. The van der Waals surface area contributed by atoms with Crippen LogP contribution in [0.4, 0.5) is 16.3 Å². The van der Waals surface area contributed by atoms with Crippen LogP contribution in [0.25, 0.3) is 0 Å². The minimum atomic E-state index is -0.363. The molecule has 1 saturated carbocycles. The molecule has 0 saturated heterocycles. The van der Waals surface area contributed by atoms with Crippen molar-refractivity contribution in [1.29, 1.82) is 0 Å². The number of nitrogens with one attached hydrogen (secondary N) is 3. The van der Waals surface area contributed by atoms with Crippen molar-refractivity contribution in [1.82, 2.24) is 20.5 Å². The molecule has 1 amide bonds. The summed E-state index contributed by atoms with van der Waals surface area (Å²) in [7, 11) is 0.